The van der Waals surface area contributed by atoms with Crippen molar-refractivity contribution in [3.05, 3.63) is 331 Å². The Morgan fingerprint density at radius 3 is 0.843 bits per heavy atom. The van der Waals surface area contributed by atoms with E-state index in [9.17, 15) is 26.3 Å². The predicted molar refractivity (Wildman–Crippen MR) is 295 cm³/mol. The van der Waals surface area contributed by atoms with Gasteiger partial charge in [-0.3, -0.25) is 0 Å². The molecule has 12 bridgehead atoms. The number of H-pyrrole nitrogens is 2. The summed E-state index contributed by atoms with van der Waals surface area (Å²) >= 11 is 0. The molecule has 0 saturated heterocycles. The highest BCUT2D eigenvalue weighted by molar-refractivity contribution is 6.35. The molecule has 13 rings (SSSR count). The van der Waals surface area contributed by atoms with Crippen LogP contribution in [-0.2, 0) is 0 Å². The summed E-state index contributed by atoms with van der Waals surface area (Å²) in [7, 11) is 0. The van der Waals surface area contributed by atoms with Crippen LogP contribution < -0.4 is 10.7 Å². The molecule has 1 atom stereocenters. The zero-order valence-electron chi connectivity index (χ0n) is 48.1. The van der Waals surface area contributed by atoms with Gasteiger partial charge in [-0.2, -0.15) is 0 Å². The van der Waals surface area contributed by atoms with Crippen molar-refractivity contribution in [1.29, 1.82) is 0 Å². The summed E-state index contributed by atoms with van der Waals surface area (Å²) in [6.45, 7) is 0. The Bertz CT molecular complexity index is 5620. The molecule has 102 heavy (non-hydrogen) atoms. The lowest BCUT2D eigenvalue weighted by atomic mass is 9.95. The summed E-state index contributed by atoms with van der Waals surface area (Å²) < 4.78 is 472. The van der Waals surface area contributed by atoms with E-state index in [0.29, 0.717) is 72.9 Å². The number of nitrogens with one attached hydrogen (secondary N) is 2. The highest BCUT2D eigenvalue weighted by Gasteiger charge is 2.40. The third-order valence-corrected chi connectivity index (χ3v) is 16.0. The van der Waals surface area contributed by atoms with E-state index in [1.807, 2.05) is 0 Å². The zero-order valence-corrected chi connectivity index (χ0v) is 48.1. The highest BCUT2D eigenvalue weighted by Crippen LogP contribution is 2.48. The van der Waals surface area contributed by atoms with Crippen molar-refractivity contribution in [2.24, 2.45) is 15.0 Å². The average Bonchev–Trinajstić information content (AvgIpc) is 1.51. The zero-order chi connectivity index (χ0) is 73.9. The second-order valence-corrected chi connectivity index (χ2v) is 21.5. The molecule has 2 aromatic heterocycles. The van der Waals surface area contributed by atoms with Crippen molar-refractivity contribution < 1.29 is 132 Å². The molecule has 0 radical (unpaired) electrons. The summed E-state index contributed by atoms with van der Waals surface area (Å²) in [4.78, 5) is 15.8. The molecular weight excluding hydrogens is 1450 g/mol. The van der Waals surface area contributed by atoms with E-state index < -0.39 is 309 Å². The number of benzene rings is 6. The number of allylic oxidation sites excluding steroid dienone is 8. The molecule has 8 aromatic rings. The highest BCUT2D eigenvalue weighted by atomic mass is 19.2. The first-order valence-electron chi connectivity index (χ1n) is 27.5. The fraction of sp³-hybridized carbons (Fsp3) is 0.0152. The van der Waals surface area contributed by atoms with Gasteiger partial charge in [0.25, 0.3) is 0 Å². The summed E-state index contributed by atoms with van der Waals surface area (Å²) in [5.41, 5.74) is -34.7. The molecule has 5 aliphatic rings. The van der Waals surface area contributed by atoms with Gasteiger partial charge in [0.05, 0.1) is 67.6 Å². The van der Waals surface area contributed by atoms with Gasteiger partial charge in [0, 0.05) is 44.4 Å². The van der Waals surface area contributed by atoms with Gasteiger partial charge in [-0.1, -0.05) is 18.2 Å². The SMILES string of the molecule is Fc1c(F)c(F)c(/C2=C3\C=CC(=N3)/C(c3c(F)c(F)c(F)c(F)c3F)=c3\cc/c([nH]3)=C(/c3c(F)c(F)c(F)c(F)c3F)C3=N/C(=C(/c4c(F)c(F)c(F)c(F)c4F)C4C=C/C(=C(\c5c(F)c(F)c(F)c(F)c5F)c5ccc([nH]5)/C(c5c(F)c(F)c(F)c(F)c5F)=C5/C=CC2=N5)[N-]4)C=C3)c(F)c1F. The van der Waals surface area contributed by atoms with Crippen molar-refractivity contribution in [1.82, 2.24) is 9.97 Å². The molecule has 2 N–H and O–H groups in total. The smallest absolute Gasteiger partial charge is 0.200 e. The standard InChI is InChI=1S/C66H15F30N6/c67-37-31(38(68)50(80)61(91)49(37)79)25-13-1-2-14(97-13)26(32-39(69)51(81)62(92)52(82)40(32)70)16-5-6-18(99-16)28(34-43(73)55(85)64(94)56(86)44(34)74)20-9-10-22(101-20)30(36-47(77)59(89)66(96)60(90)48(36)78)24-12-11-23(102-24)29(35-45(75)57(87)65(95)58(88)46(35)76)21-8-7-19(100-21)27(17-4-3-15(25)98-17)33-41(71)53(83)63(93)54(84)42(33)72/h1-13,99-100H/q-1/b25-15+,26-14+,27-19-,28-20+,29-21-,30-24+. The minimum absolute atomic E-state index is 0.350. The molecule has 0 spiro atoms. The Hall–Kier alpha value is -11.8. The van der Waals surface area contributed by atoms with Crippen LogP contribution in [0.3, 0.4) is 0 Å². The summed E-state index contributed by atoms with van der Waals surface area (Å²) in [5, 5.41) is 1.42. The number of aromatic nitrogens is 2. The van der Waals surface area contributed by atoms with Crippen LogP contribution in [0.1, 0.15) is 44.8 Å². The Labute approximate surface area is 543 Å². The third kappa shape index (κ3) is 10.1. The number of halogens is 30. The van der Waals surface area contributed by atoms with Crippen molar-refractivity contribution in [3.8, 4) is 0 Å². The predicted octanol–water partition coefficient (Wildman–Crippen LogP) is 17.3. The molecule has 5 aliphatic heterocycles. The Morgan fingerprint density at radius 1 is 0.235 bits per heavy atom. The second kappa shape index (κ2) is 24.6. The van der Waals surface area contributed by atoms with E-state index in [0.717, 1.165) is 0 Å². The van der Waals surface area contributed by atoms with Crippen LogP contribution >= 0.6 is 0 Å². The Kier molecular flexibility index (Phi) is 16.6. The minimum Gasteiger partial charge on any atom is -0.674 e. The van der Waals surface area contributed by atoms with Crippen molar-refractivity contribution in [2.75, 3.05) is 0 Å². The van der Waals surface area contributed by atoms with Crippen LogP contribution in [0, 0.1) is 175 Å². The van der Waals surface area contributed by atoms with Crippen LogP contribution in [0.4, 0.5) is 132 Å². The number of hydrogen-bond donors (Lipinski definition) is 2. The Morgan fingerprint density at radius 2 is 0.490 bits per heavy atom. The number of rotatable bonds is 6. The van der Waals surface area contributed by atoms with Crippen molar-refractivity contribution in [3.63, 3.8) is 0 Å². The van der Waals surface area contributed by atoms with Gasteiger partial charge in [-0.05, 0) is 71.9 Å². The molecule has 6 aromatic carbocycles. The van der Waals surface area contributed by atoms with E-state index in [4.69, 9.17) is 0 Å². The van der Waals surface area contributed by atoms with Gasteiger partial charge >= 0.3 is 0 Å². The number of fused-ring (bicyclic) bond motifs is 9. The third-order valence-electron chi connectivity index (χ3n) is 16.0. The number of aromatic amines is 2. The van der Waals surface area contributed by atoms with E-state index in [1.54, 1.807) is 0 Å². The summed E-state index contributed by atoms with van der Waals surface area (Å²) in [5.74, 6) is -86.0. The summed E-state index contributed by atoms with van der Waals surface area (Å²) in [6.07, 6.45) is 2.97. The lowest BCUT2D eigenvalue weighted by Gasteiger charge is -2.31. The molecule has 36 heteroatoms. The largest absolute Gasteiger partial charge is 0.674 e. The van der Waals surface area contributed by atoms with E-state index >= 15 is 105 Å². The molecular formula is C66H15F30N6-. The van der Waals surface area contributed by atoms with Gasteiger partial charge in [0.2, 0.25) is 34.9 Å². The van der Waals surface area contributed by atoms with Crippen molar-refractivity contribution in [2.45, 2.75) is 6.04 Å². The van der Waals surface area contributed by atoms with Gasteiger partial charge < -0.3 is 15.3 Å². The number of aliphatic imine (C=N–C) groups is 3. The lowest BCUT2D eigenvalue weighted by Crippen LogP contribution is -2.24. The fourth-order valence-electron chi connectivity index (χ4n) is 11.4. The van der Waals surface area contributed by atoms with Crippen LogP contribution in [0.25, 0.3) is 38.8 Å². The van der Waals surface area contributed by atoms with E-state index in [1.165, 1.54) is 0 Å². The number of hydrogen-bond acceptors (Lipinski definition) is 3. The van der Waals surface area contributed by atoms with Gasteiger partial charge in [0.1, 0.15) is 0 Å². The normalized spacial score (nSPS) is 19.8. The van der Waals surface area contributed by atoms with Crippen molar-refractivity contribution >= 4 is 50.6 Å². The number of nitrogens with zero attached hydrogens (tertiary/aromatic N) is 4. The lowest BCUT2D eigenvalue weighted by molar-refractivity contribution is 0.376. The topological polar surface area (TPSA) is 82.8 Å². The quantitative estimate of drug-likeness (QED) is 0.0945. The van der Waals surface area contributed by atoms with Gasteiger partial charge in [0.15, 0.2) is 140 Å². The molecule has 1 unspecified atom stereocenters. The van der Waals surface area contributed by atoms with E-state index in [-0.39, 0.29) is 0 Å². The molecule has 520 valence electrons. The first kappa shape index (κ1) is 68.8. The second-order valence-electron chi connectivity index (χ2n) is 21.5. The average molecular weight is 1460 g/mol. The maximum Gasteiger partial charge on any atom is 0.200 e. The van der Waals surface area contributed by atoms with Gasteiger partial charge in [-0.15, -0.1) is 5.70 Å². The maximum atomic E-state index is 16.4. The van der Waals surface area contributed by atoms with Crippen LogP contribution in [0.2, 0.25) is 0 Å². The molecule has 7 heterocycles. The molecule has 6 nitrogen and oxygen atoms in total. The first-order chi connectivity index (χ1) is 48.1. The summed E-state index contributed by atoms with van der Waals surface area (Å²) in [6, 6.07) is -1.08. The molecule has 0 saturated carbocycles. The molecule has 0 amide bonds. The monoisotopic (exact) mass is 1460 g/mol. The van der Waals surface area contributed by atoms with E-state index in [2.05, 4.69) is 30.3 Å². The van der Waals surface area contributed by atoms with Gasteiger partial charge in [-0.25, -0.2) is 147 Å². The first-order valence-corrected chi connectivity index (χ1v) is 27.5. The fourth-order valence-corrected chi connectivity index (χ4v) is 11.4. The molecule has 0 aliphatic carbocycles. The van der Waals surface area contributed by atoms with Crippen LogP contribution in [-0.4, -0.2) is 33.1 Å². The molecule has 0 fully saturated rings. The maximum absolute atomic E-state index is 16.4. The van der Waals surface area contributed by atoms with Crippen LogP contribution in [0.15, 0.2) is 111 Å². The Balaban J connectivity index is 1.25. The minimum atomic E-state index is -2.92. The van der Waals surface area contributed by atoms with Crippen LogP contribution in [0.5, 0.6) is 0 Å².